The lowest BCUT2D eigenvalue weighted by Crippen LogP contribution is -2.03. The summed E-state index contributed by atoms with van der Waals surface area (Å²) in [7, 11) is 0. The van der Waals surface area contributed by atoms with Crippen LogP contribution in [0.3, 0.4) is 0 Å². The molecule has 0 fully saturated rings. The minimum Gasteiger partial charge on any atom is -0.217 e. The smallest absolute Gasteiger partial charge is 0.150 e. The molecule has 1 aromatic carbocycles. The first-order chi connectivity index (χ1) is 7.09. The van der Waals surface area contributed by atoms with Gasteiger partial charge in [0, 0.05) is 4.47 Å². The fourth-order valence-electron chi connectivity index (χ4n) is 1.42. The van der Waals surface area contributed by atoms with Crippen molar-refractivity contribution in [3.8, 4) is 5.69 Å². The van der Waals surface area contributed by atoms with Crippen molar-refractivity contribution in [2.75, 3.05) is 0 Å². The number of hydrogen-bond acceptors (Lipinski definition) is 2. The molecule has 1 heterocycles. The van der Waals surface area contributed by atoms with E-state index < -0.39 is 0 Å². The van der Waals surface area contributed by atoms with Gasteiger partial charge in [-0.15, -0.1) is 0 Å². The third-order valence-corrected chi connectivity index (χ3v) is 2.66. The summed E-state index contributed by atoms with van der Waals surface area (Å²) in [6.07, 6.45) is 0. The molecule has 1 aromatic heterocycles. The van der Waals surface area contributed by atoms with Crippen molar-refractivity contribution in [2.24, 2.45) is 0 Å². The minimum absolute atomic E-state index is 0.322. The zero-order valence-corrected chi connectivity index (χ0v) is 9.92. The van der Waals surface area contributed by atoms with E-state index in [2.05, 4.69) is 26.0 Å². The Morgan fingerprint density at radius 3 is 2.60 bits per heavy atom. The van der Waals surface area contributed by atoms with E-state index in [9.17, 15) is 4.39 Å². The Morgan fingerprint density at radius 1 is 1.33 bits per heavy atom. The van der Waals surface area contributed by atoms with E-state index in [1.807, 2.05) is 0 Å². The highest BCUT2D eigenvalue weighted by atomic mass is 79.9. The summed E-state index contributed by atoms with van der Waals surface area (Å²) in [5, 5.41) is 4.14. The van der Waals surface area contributed by atoms with Gasteiger partial charge in [-0.2, -0.15) is 5.10 Å². The fraction of sp³-hybridized carbons (Fsp3) is 0.200. The monoisotopic (exact) mass is 269 g/mol. The highest BCUT2D eigenvalue weighted by molar-refractivity contribution is 9.10. The molecule has 0 bridgehead atoms. The standard InChI is InChI=1S/C10H9BrFN3/c1-6-13-7(2)15(14-6)10-8(11)4-3-5-9(10)12/h3-5H,1-2H3. The molecule has 0 N–H and O–H groups in total. The van der Waals surface area contributed by atoms with Crippen LogP contribution >= 0.6 is 15.9 Å². The SMILES string of the molecule is Cc1nc(C)n(-c2c(F)cccc2Br)n1. The molecule has 0 atom stereocenters. The van der Waals surface area contributed by atoms with Crippen molar-refractivity contribution in [1.82, 2.24) is 14.8 Å². The Bertz CT molecular complexity index is 487. The molecule has 0 spiro atoms. The topological polar surface area (TPSA) is 30.7 Å². The normalized spacial score (nSPS) is 10.7. The Balaban J connectivity index is 2.68. The molecule has 0 aliphatic rings. The van der Waals surface area contributed by atoms with Crippen LogP contribution in [-0.2, 0) is 0 Å². The number of aromatic nitrogens is 3. The van der Waals surface area contributed by atoms with E-state index in [4.69, 9.17) is 0 Å². The molecular formula is C10H9BrFN3. The summed E-state index contributed by atoms with van der Waals surface area (Å²) in [4.78, 5) is 4.13. The summed E-state index contributed by atoms with van der Waals surface area (Å²) >= 11 is 3.30. The van der Waals surface area contributed by atoms with Crippen LogP contribution in [0.4, 0.5) is 4.39 Å². The highest BCUT2D eigenvalue weighted by Crippen LogP contribution is 2.24. The lowest BCUT2D eigenvalue weighted by molar-refractivity contribution is 0.606. The van der Waals surface area contributed by atoms with Crippen LogP contribution in [0.15, 0.2) is 22.7 Å². The van der Waals surface area contributed by atoms with Gasteiger partial charge in [0.25, 0.3) is 0 Å². The quantitative estimate of drug-likeness (QED) is 0.797. The molecule has 0 aliphatic heterocycles. The Labute approximate surface area is 95.1 Å². The minimum atomic E-state index is -0.322. The maximum absolute atomic E-state index is 13.6. The third kappa shape index (κ3) is 1.79. The molecular weight excluding hydrogens is 261 g/mol. The number of hydrogen-bond donors (Lipinski definition) is 0. The van der Waals surface area contributed by atoms with E-state index in [1.54, 1.807) is 26.0 Å². The van der Waals surface area contributed by atoms with Crippen LogP contribution in [0.1, 0.15) is 11.6 Å². The van der Waals surface area contributed by atoms with Crippen LogP contribution in [-0.4, -0.2) is 14.8 Å². The predicted octanol–water partition coefficient (Wildman–Crippen LogP) is 2.79. The average molecular weight is 270 g/mol. The Kier molecular flexibility index (Phi) is 2.56. The number of rotatable bonds is 1. The van der Waals surface area contributed by atoms with Gasteiger partial charge in [0.2, 0.25) is 0 Å². The predicted molar refractivity (Wildman–Crippen MR) is 58.5 cm³/mol. The van der Waals surface area contributed by atoms with Gasteiger partial charge < -0.3 is 0 Å². The molecule has 78 valence electrons. The summed E-state index contributed by atoms with van der Waals surface area (Å²) in [5.41, 5.74) is 0.399. The number of benzene rings is 1. The van der Waals surface area contributed by atoms with Gasteiger partial charge in [-0.05, 0) is 41.9 Å². The van der Waals surface area contributed by atoms with Crippen LogP contribution in [0.25, 0.3) is 5.69 Å². The van der Waals surface area contributed by atoms with E-state index in [0.29, 0.717) is 21.8 Å². The zero-order chi connectivity index (χ0) is 11.0. The molecule has 0 amide bonds. The second-order valence-corrected chi connectivity index (χ2v) is 4.04. The van der Waals surface area contributed by atoms with Gasteiger partial charge in [-0.3, -0.25) is 0 Å². The molecule has 0 unspecified atom stereocenters. The van der Waals surface area contributed by atoms with Crippen molar-refractivity contribution >= 4 is 15.9 Å². The molecule has 2 rings (SSSR count). The van der Waals surface area contributed by atoms with Crippen molar-refractivity contribution < 1.29 is 4.39 Å². The van der Waals surface area contributed by atoms with Crippen LogP contribution in [0, 0.1) is 19.7 Å². The first kappa shape index (κ1) is 10.3. The number of halogens is 2. The lowest BCUT2D eigenvalue weighted by Gasteiger charge is -2.06. The highest BCUT2D eigenvalue weighted by Gasteiger charge is 2.12. The summed E-state index contributed by atoms with van der Waals surface area (Å²) in [6.45, 7) is 3.57. The first-order valence-corrected chi connectivity index (χ1v) is 5.23. The maximum atomic E-state index is 13.6. The maximum Gasteiger partial charge on any atom is 0.150 e. The van der Waals surface area contributed by atoms with Gasteiger partial charge in [-0.1, -0.05) is 6.07 Å². The van der Waals surface area contributed by atoms with E-state index in [-0.39, 0.29) is 5.82 Å². The van der Waals surface area contributed by atoms with E-state index in [1.165, 1.54) is 10.7 Å². The lowest BCUT2D eigenvalue weighted by atomic mass is 10.3. The van der Waals surface area contributed by atoms with Gasteiger partial charge in [0.1, 0.15) is 23.2 Å². The number of aryl methyl sites for hydroxylation is 2. The third-order valence-electron chi connectivity index (χ3n) is 2.02. The summed E-state index contributed by atoms with van der Waals surface area (Å²) in [6, 6.07) is 4.81. The second kappa shape index (κ2) is 3.73. The van der Waals surface area contributed by atoms with Crippen molar-refractivity contribution in [3.05, 3.63) is 40.1 Å². The largest absolute Gasteiger partial charge is 0.217 e. The second-order valence-electron chi connectivity index (χ2n) is 3.19. The fourth-order valence-corrected chi connectivity index (χ4v) is 1.93. The summed E-state index contributed by atoms with van der Waals surface area (Å²) in [5.74, 6) is 0.971. The Morgan fingerprint density at radius 2 is 2.07 bits per heavy atom. The first-order valence-electron chi connectivity index (χ1n) is 4.44. The van der Waals surface area contributed by atoms with Gasteiger partial charge in [0.15, 0.2) is 0 Å². The van der Waals surface area contributed by atoms with Crippen LogP contribution in [0.5, 0.6) is 0 Å². The molecule has 0 saturated heterocycles. The van der Waals surface area contributed by atoms with Crippen LogP contribution < -0.4 is 0 Å². The zero-order valence-electron chi connectivity index (χ0n) is 8.33. The molecule has 0 aliphatic carbocycles. The number of nitrogens with zero attached hydrogens (tertiary/aromatic N) is 3. The molecule has 0 radical (unpaired) electrons. The average Bonchev–Trinajstić information content (AvgIpc) is 2.45. The summed E-state index contributed by atoms with van der Waals surface area (Å²) < 4.78 is 15.8. The molecule has 0 saturated carbocycles. The van der Waals surface area contributed by atoms with Gasteiger partial charge in [-0.25, -0.2) is 14.1 Å². The van der Waals surface area contributed by atoms with Crippen molar-refractivity contribution in [3.63, 3.8) is 0 Å². The van der Waals surface area contributed by atoms with E-state index >= 15 is 0 Å². The van der Waals surface area contributed by atoms with Gasteiger partial charge in [0.05, 0.1) is 0 Å². The molecule has 2 aromatic rings. The van der Waals surface area contributed by atoms with Crippen LogP contribution in [0.2, 0.25) is 0 Å². The number of para-hydroxylation sites is 1. The molecule has 3 nitrogen and oxygen atoms in total. The Hall–Kier alpha value is -1.23. The molecule has 15 heavy (non-hydrogen) atoms. The van der Waals surface area contributed by atoms with Gasteiger partial charge >= 0.3 is 0 Å². The van der Waals surface area contributed by atoms with Crippen molar-refractivity contribution in [2.45, 2.75) is 13.8 Å². The van der Waals surface area contributed by atoms with Crippen molar-refractivity contribution in [1.29, 1.82) is 0 Å². The van der Waals surface area contributed by atoms with E-state index in [0.717, 1.165) is 0 Å². The molecule has 5 heteroatoms.